The zero-order chi connectivity index (χ0) is 13.0. The van der Waals surface area contributed by atoms with Gasteiger partial charge in [0, 0.05) is 6.54 Å². The third kappa shape index (κ3) is 2.48. The number of hydrogen-bond donors (Lipinski definition) is 1. The molecule has 1 aromatic carbocycles. The zero-order valence-electron chi connectivity index (χ0n) is 11.0. The Bertz CT molecular complexity index is 420. The summed E-state index contributed by atoms with van der Waals surface area (Å²) in [6, 6.07) is 7.65. The van der Waals surface area contributed by atoms with Gasteiger partial charge in [-0.15, -0.1) is 0 Å². The van der Waals surface area contributed by atoms with E-state index in [0.29, 0.717) is 6.61 Å². The van der Waals surface area contributed by atoms with E-state index in [-0.39, 0.29) is 11.9 Å². The van der Waals surface area contributed by atoms with Crippen molar-refractivity contribution in [1.82, 2.24) is 5.32 Å². The van der Waals surface area contributed by atoms with Crippen LogP contribution in [0.15, 0.2) is 24.3 Å². The SMILES string of the molecule is CCOc1ccccc1N1CCCC(NC)C1=O. The van der Waals surface area contributed by atoms with E-state index in [1.165, 1.54) is 0 Å². The summed E-state index contributed by atoms with van der Waals surface area (Å²) in [6.45, 7) is 3.32. The minimum absolute atomic E-state index is 0.0755. The lowest BCUT2D eigenvalue weighted by atomic mass is 10.0. The normalized spacial score (nSPS) is 20.0. The van der Waals surface area contributed by atoms with Gasteiger partial charge in [0.1, 0.15) is 5.75 Å². The van der Waals surface area contributed by atoms with Crippen LogP contribution < -0.4 is 15.0 Å². The van der Waals surface area contributed by atoms with Gasteiger partial charge in [0.05, 0.1) is 18.3 Å². The minimum atomic E-state index is -0.0755. The number of hydrogen-bond acceptors (Lipinski definition) is 3. The van der Waals surface area contributed by atoms with Crippen molar-refractivity contribution in [1.29, 1.82) is 0 Å². The Morgan fingerprint density at radius 2 is 2.22 bits per heavy atom. The van der Waals surface area contributed by atoms with E-state index in [4.69, 9.17) is 4.74 Å². The number of ether oxygens (including phenoxy) is 1. The van der Waals surface area contributed by atoms with E-state index in [9.17, 15) is 4.79 Å². The van der Waals surface area contributed by atoms with E-state index in [0.717, 1.165) is 30.8 Å². The molecule has 0 saturated carbocycles. The Kier molecular flexibility index (Phi) is 4.20. The molecular weight excluding hydrogens is 228 g/mol. The van der Waals surface area contributed by atoms with Crippen LogP contribution in [0.4, 0.5) is 5.69 Å². The molecule has 98 valence electrons. The van der Waals surface area contributed by atoms with E-state index < -0.39 is 0 Å². The number of piperidine rings is 1. The summed E-state index contributed by atoms with van der Waals surface area (Å²) >= 11 is 0. The number of nitrogens with one attached hydrogen (secondary N) is 1. The van der Waals surface area contributed by atoms with Gasteiger partial charge < -0.3 is 15.0 Å². The number of carbonyl (C=O) groups excluding carboxylic acids is 1. The largest absolute Gasteiger partial charge is 0.492 e. The second-order valence-electron chi connectivity index (χ2n) is 4.37. The van der Waals surface area contributed by atoms with Crippen molar-refractivity contribution in [2.45, 2.75) is 25.8 Å². The molecule has 0 aromatic heterocycles. The molecule has 1 atom stereocenters. The first-order valence-corrected chi connectivity index (χ1v) is 6.48. The van der Waals surface area contributed by atoms with Gasteiger partial charge in [-0.25, -0.2) is 0 Å². The molecule has 0 aliphatic carbocycles. The molecule has 1 amide bonds. The maximum Gasteiger partial charge on any atom is 0.244 e. The van der Waals surface area contributed by atoms with E-state index in [1.807, 2.05) is 43.1 Å². The molecule has 1 fully saturated rings. The van der Waals surface area contributed by atoms with Crippen LogP contribution in [-0.2, 0) is 4.79 Å². The van der Waals surface area contributed by atoms with E-state index >= 15 is 0 Å². The highest BCUT2D eigenvalue weighted by Gasteiger charge is 2.29. The third-order valence-corrected chi connectivity index (χ3v) is 3.24. The highest BCUT2D eigenvalue weighted by Crippen LogP contribution is 2.30. The number of benzene rings is 1. The van der Waals surface area contributed by atoms with Gasteiger partial charge in [0.25, 0.3) is 0 Å². The van der Waals surface area contributed by atoms with Crippen LogP contribution in [-0.4, -0.2) is 32.1 Å². The molecule has 1 N–H and O–H groups in total. The van der Waals surface area contributed by atoms with Gasteiger partial charge in [-0.1, -0.05) is 12.1 Å². The maximum atomic E-state index is 12.3. The predicted octanol–water partition coefficient (Wildman–Crippen LogP) is 1.80. The van der Waals surface area contributed by atoms with Crippen molar-refractivity contribution in [2.24, 2.45) is 0 Å². The molecule has 0 bridgehead atoms. The van der Waals surface area contributed by atoms with Gasteiger partial charge >= 0.3 is 0 Å². The first kappa shape index (κ1) is 12.9. The number of anilines is 1. The highest BCUT2D eigenvalue weighted by atomic mass is 16.5. The standard InChI is InChI=1S/C14H20N2O2/c1-3-18-13-9-5-4-8-12(13)16-10-6-7-11(15-2)14(16)17/h4-5,8-9,11,15H,3,6-7,10H2,1-2H3. The summed E-state index contributed by atoms with van der Waals surface area (Å²) in [5, 5.41) is 3.07. The van der Waals surface area contributed by atoms with Gasteiger partial charge in [0.15, 0.2) is 0 Å². The van der Waals surface area contributed by atoms with Crippen molar-refractivity contribution in [3.63, 3.8) is 0 Å². The van der Waals surface area contributed by atoms with Crippen molar-refractivity contribution >= 4 is 11.6 Å². The molecule has 2 rings (SSSR count). The first-order valence-electron chi connectivity index (χ1n) is 6.48. The number of carbonyl (C=O) groups is 1. The van der Waals surface area contributed by atoms with Gasteiger partial charge in [-0.3, -0.25) is 4.79 Å². The molecule has 1 aliphatic rings. The smallest absolute Gasteiger partial charge is 0.244 e. The van der Waals surface area contributed by atoms with Crippen molar-refractivity contribution in [3.05, 3.63) is 24.3 Å². The number of nitrogens with zero attached hydrogens (tertiary/aromatic N) is 1. The monoisotopic (exact) mass is 248 g/mol. The Balaban J connectivity index is 2.27. The van der Waals surface area contributed by atoms with Crippen molar-refractivity contribution in [3.8, 4) is 5.75 Å². The van der Waals surface area contributed by atoms with E-state index in [2.05, 4.69) is 5.32 Å². The molecular formula is C14H20N2O2. The van der Waals surface area contributed by atoms with Gasteiger partial charge in [-0.2, -0.15) is 0 Å². The molecule has 4 nitrogen and oxygen atoms in total. The summed E-state index contributed by atoms with van der Waals surface area (Å²) in [6.07, 6.45) is 1.92. The summed E-state index contributed by atoms with van der Waals surface area (Å²) < 4.78 is 5.59. The third-order valence-electron chi connectivity index (χ3n) is 3.24. The molecule has 1 aromatic rings. The molecule has 1 aliphatic heterocycles. The molecule has 0 spiro atoms. The molecule has 1 unspecified atom stereocenters. The number of likely N-dealkylation sites (N-methyl/N-ethyl adjacent to an activating group) is 1. The molecule has 4 heteroatoms. The second kappa shape index (κ2) is 5.87. The van der Waals surface area contributed by atoms with Crippen molar-refractivity contribution < 1.29 is 9.53 Å². The van der Waals surface area contributed by atoms with Crippen LogP contribution in [0.3, 0.4) is 0 Å². The fraction of sp³-hybridized carbons (Fsp3) is 0.500. The Morgan fingerprint density at radius 1 is 1.44 bits per heavy atom. The van der Waals surface area contributed by atoms with Gasteiger partial charge in [0.2, 0.25) is 5.91 Å². The summed E-state index contributed by atoms with van der Waals surface area (Å²) in [4.78, 5) is 14.2. The van der Waals surface area contributed by atoms with E-state index in [1.54, 1.807) is 0 Å². The lowest BCUT2D eigenvalue weighted by molar-refractivity contribution is -0.121. The van der Waals surface area contributed by atoms with Crippen LogP contribution >= 0.6 is 0 Å². The van der Waals surface area contributed by atoms with Crippen LogP contribution in [0.2, 0.25) is 0 Å². The number of rotatable bonds is 4. The second-order valence-corrected chi connectivity index (χ2v) is 4.37. The fourth-order valence-electron chi connectivity index (χ4n) is 2.34. The molecule has 1 heterocycles. The minimum Gasteiger partial charge on any atom is -0.492 e. The highest BCUT2D eigenvalue weighted by molar-refractivity contribution is 5.99. The lowest BCUT2D eigenvalue weighted by Crippen LogP contribution is -2.49. The summed E-state index contributed by atoms with van der Waals surface area (Å²) in [5.41, 5.74) is 0.879. The first-order chi connectivity index (χ1) is 8.77. The fourth-order valence-corrected chi connectivity index (χ4v) is 2.34. The number of para-hydroxylation sites is 2. The quantitative estimate of drug-likeness (QED) is 0.883. The van der Waals surface area contributed by atoms with Gasteiger partial charge in [-0.05, 0) is 38.9 Å². The Morgan fingerprint density at radius 3 is 2.94 bits per heavy atom. The zero-order valence-corrected chi connectivity index (χ0v) is 11.0. The lowest BCUT2D eigenvalue weighted by Gasteiger charge is -2.33. The molecule has 1 saturated heterocycles. The average molecular weight is 248 g/mol. The Hall–Kier alpha value is -1.55. The van der Waals surface area contributed by atoms with Crippen molar-refractivity contribution in [2.75, 3.05) is 25.1 Å². The van der Waals surface area contributed by atoms with Crippen LogP contribution in [0.1, 0.15) is 19.8 Å². The predicted molar refractivity (Wildman–Crippen MR) is 72.0 cm³/mol. The summed E-state index contributed by atoms with van der Waals surface area (Å²) in [5.74, 6) is 0.918. The summed E-state index contributed by atoms with van der Waals surface area (Å²) in [7, 11) is 1.83. The molecule has 0 radical (unpaired) electrons. The maximum absolute atomic E-state index is 12.3. The average Bonchev–Trinajstić information content (AvgIpc) is 2.40. The van der Waals surface area contributed by atoms with Crippen LogP contribution in [0.5, 0.6) is 5.75 Å². The van der Waals surface area contributed by atoms with Crippen LogP contribution in [0, 0.1) is 0 Å². The Labute approximate surface area is 108 Å². The van der Waals surface area contributed by atoms with Crippen LogP contribution in [0.25, 0.3) is 0 Å². The topological polar surface area (TPSA) is 41.6 Å². The molecule has 18 heavy (non-hydrogen) atoms. The number of amides is 1.